The lowest BCUT2D eigenvalue weighted by atomic mass is 10.2. The van der Waals surface area contributed by atoms with Crippen molar-refractivity contribution >= 4 is 11.9 Å². The molecule has 0 aliphatic heterocycles. The topological polar surface area (TPSA) is 102 Å². The Morgan fingerprint density at radius 1 is 1.47 bits per heavy atom. The van der Waals surface area contributed by atoms with E-state index in [0.717, 1.165) is 0 Å². The molecule has 0 aromatic rings. The number of esters is 1. The molecule has 0 aliphatic carbocycles. The molecule has 1 unspecified atom stereocenters. The maximum atomic E-state index is 11.1. The number of hydrogen-bond acceptors (Lipinski definition) is 5. The van der Waals surface area contributed by atoms with Crippen LogP contribution in [0.15, 0.2) is 0 Å². The van der Waals surface area contributed by atoms with Gasteiger partial charge in [0.25, 0.3) is 0 Å². The van der Waals surface area contributed by atoms with Gasteiger partial charge in [-0.1, -0.05) is 0 Å². The third kappa shape index (κ3) is 7.90. The van der Waals surface area contributed by atoms with Gasteiger partial charge < -0.3 is 20.9 Å². The first-order chi connectivity index (χ1) is 6.72. The predicted molar refractivity (Wildman–Crippen MR) is 53.9 cm³/mol. The molecule has 0 heterocycles. The molecule has 4 N–H and O–H groups in total. The number of primary amides is 1. The molecule has 0 aliphatic rings. The fourth-order valence-electron chi connectivity index (χ4n) is 0.789. The van der Waals surface area contributed by atoms with E-state index in [4.69, 9.17) is 15.6 Å². The number of hydrogen-bond donors (Lipinski definition) is 3. The first-order valence-electron chi connectivity index (χ1n) is 4.62. The highest BCUT2D eigenvalue weighted by molar-refractivity contribution is 5.79. The van der Waals surface area contributed by atoms with Crippen LogP contribution in [-0.4, -0.2) is 41.8 Å². The Balaban J connectivity index is 3.69. The number of carbonyl (C=O) groups is 2. The van der Waals surface area contributed by atoms with Crippen molar-refractivity contribution in [1.29, 1.82) is 0 Å². The number of amides is 1. The zero-order valence-corrected chi connectivity index (χ0v) is 9.24. The van der Waals surface area contributed by atoms with Gasteiger partial charge in [-0.15, -0.1) is 0 Å². The Morgan fingerprint density at radius 2 is 2.00 bits per heavy atom. The number of aliphatic hydroxyl groups is 1. The molecule has 6 nitrogen and oxygen atoms in total. The van der Waals surface area contributed by atoms with Crippen LogP contribution < -0.4 is 11.1 Å². The van der Waals surface area contributed by atoms with E-state index in [-0.39, 0.29) is 13.1 Å². The molecule has 1 amide bonds. The molecular formula is C9H18N2O4. The molecule has 0 aromatic carbocycles. The highest BCUT2D eigenvalue weighted by atomic mass is 16.6. The van der Waals surface area contributed by atoms with Crippen molar-refractivity contribution in [3.63, 3.8) is 0 Å². The van der Waals surface area contributed by atoms with Crippen LogP contribution in [0.5, 0.6) is 0 Å². The van der Waals surface area contributed by atoms with Gasteiger partial charge >= 0.3 is 5.97 Å². The number of rotatable bonds is 5. The lowest BCUT2D eigenvalue weighted by molar-refractivity contribution is -0.153. The van der Waals surface area contributed by atoms with Gasteiger partial charge in [-0.3, -0.25) is 9.59 Å². The standard InChI is InChI=1S/C9H18N2O4/c1-9(2,3)15-7(13)5-11-4-6(12)8(10)14/h6,11-12H,4-5H2,1-3H3,(H2,10,14). The Labute approximate surface area is 88.8 Å². The summed E-state index contributed by atoms with van der Waals surface area (Å²) in [6, 6.07) is 0. The summed E-state index contributed by atoms with van der Waals surface area (Å²) >= 11 is 0. The number of nitrogens with one attached hydrogen (secondary N) is 1. The summed E-state index contributed by atoms with van der Waals surface area (Å²) in [4.78, 5) is 21.5. The second-order valence-corrected chi connectivity index (χ2v) is 4.14. The summed E-state index contributed by atoms with van der Waals surface area (Å²) in [7, 11) is 0. The maximum absolute atomic E-state index is 11.1. The smallest absolute Gasteiger partial charge is 0.320 e. The highest BCUT2D eigenvalue weighted by Gasteiger charge is 2.16. The molecule has 88 valence electrons. The van der Waals surface area contributed by atoms with Gasteiger partial charge in [0, 0.05) is 6.54 Å². The minimum atomic E-state index is -1.28. The minimum absolute atomic E-state index is 0.0609. The van der Waals surface area contributed by atoms with E-state index in [9.17, 15) is 9.59 Å². The van der Waals surface area contributed by atoms with Crippen molar-refractivity contribution in [1.82, 2.24) is 5.32 Å². The summed E-state index contributed by atoms with van der Waals surface area (Å²) in [6.07, 6.45) is -1.28. The fourth-order valence-corrected chi connectivity index (χ4v) is 0.789. The van der Waals surface area contributed by atoms with Gasteiger partial charge in [0.1, 0.15) is 11.7 Å². The van der Waals surface area contributed by atoms with E-state index in [1.54, 1.807) is 20.8 Å². The van der Waals surface area contributed by atoms with Crippen LogP contribution in [0.25, 0.3) is 0 Å². The molecule has 1 atom stereocenters. The average molecular weight is 218 g/mol. The van der Waals surface area contributed by atoms with Gasteiger partial charge in [0.2, 0.25) is 5.91 Å². The molecule has 15 heavy (non-hydrogen) atoms. The molecule has 0 rings (SSSR count). The van der Waals surface area contributed by atoms with E-state index >= 15 is 0 Å². The zero-order valence-electron chi connectivity index (χ0n) is 9.24. The average Bonchev–Trinajstić information content (AvgIpc) is 2.00. The Hall–Kier alpha value is -1.14. The third-order valence-electron chi connectivity index (χ3n) is 1.36. The van der Waals surface area contributed by atoms with Gasteiger partial charge in [-0.25, -0.2) is 0 Å². The summed E-state index contributed by atoms with van der Waals surface area (Å²) < 4.78 is 4.98. The quantitative estimate of drug-likeness (QED) is 0.501. The fraction of sp³-hybridized carbons (Fsp3) is 0.778. The minimum Gasteiger partial charge on any atom is -0.459 e. The second kappa shape index (κ2) is 5.67. The van der Waals surface area contributed by atoms with Crippen molar-refractivity contribution in [2.45, 2.75) is 32.5 Å². The van der Waals surface area contributed by atoms with Crippen LogP contribution in [0, 0.1) is 0 Å². The largest absolute Gasteiger partial charge is 0.459 e. The SMILES string of the molecule is CC(C)(C)OC(=O)CNCC(O)C(N)=O. The van der Waals surface area contributed by atoms with Crippen molar-refractivity contribution in [3.8, 4) is 0 Å². The van der Waals surface area contributed by atoms with Crippen molar-refractivity contribution in [3.05, 3.63) is 0 Å². The Morgan fingerprint density at radius 3 is 2.40 bits per heavy atom. The second-order valence-electron chi connectivity index (χ2n) is 4.14. The predicted octanol–water partition coefficient (Wildman–Crippen LogP) is -1.24. The molecule has 0 saturated carbocycles. The summed E-state index contributed by atoms with van der Waals surface area (Å²) in [5.74, 6) is -1.27. The van der Waals surface area contributed by atoms with Crippen LogP contribution >= 0.6 is 0 Å². The van der Waals surface area contributed by atoms with Crippen molar-refractivity contribution in [2.75, 3.05) is 13.1 Å². The zero-order chi connectivity index (χ0) is 12.1. The molecule has 0 radical (unpaired) electrons. The van der Waals surface area contributed by atoms with Crippen LogP contribution in [0.4, 0.5) is 0 Å². The van der Waals surface area contributed by atoms with E-state index in [1.807, 2.05) is 0 Å². The van der Waals surface area contributed by atoms with E-state index in [1.165, 1.54) is 0 Å². The van der Waals surface area contributed by atoms with E-state index in [0.29, 0.717) is 0 Å². The number of ether oxygens (including phenoxy) is 1. The van der Waals surface area contributed by atoms with Crippen LogP contribution in [0.1, 0.15) is 20.8 Å². The molecule has 0 aromatic heterocycles. The van der Waals surface area contributed by atoms with Gasteiger partial charge in [-0.05, 0) is 20.8 Å². The van der Waals surface area contributed by atoms with Gasteiger partial charge in [0.05, 0.1) is 6.54 Å². The maximum Gasteiger partial charge on any atom is 0.320 e. The summed E-state index contributed by atoms with van der Waals surface area (Å²) in [6.45, 7) is 5.13. The first kappa shape index (κ1) is 13.9. The number of nitrogens with two attached hydrogens (primary N) is 1. The van der Waals surface area contributed by atoms with Crippen LogP contribution in [0.2, 0.25) is 0 Å². The Kier molecular flexibility index (Phi) is 5.24. The molecular weight excluding hydrogens is 200 g/mol. The molecule has 0 fully saturated rings. The monoisotopic (exact) mass is 218 g/mol. The van der Waals surface area contributed by atoms with Gasteiger partial charge in [-0.2, -0.15) is 0 Å². The lowest BCUT2D eigenvalue weighted by Crippen LogP contribution is -2.40. The van der Waals surface area contributed by atoms with Crippen LogP contribution in [0.3, 0.4) is 0 Å². The summed E-state index contributed by atoms with van der Waals surface area (Å²) in [5.41, 5.74) is 4.27. The highest BCUT2D eigenvalue weighted by Crippen LogP contribution is 2.05. The van der Waals surface area contributed by atoms with Crippen molar-refractivity contribution < 1.29 is 19.4 Å². The Bertz CT molecular complexity index is 235. The van der Waals surface area contributed by atoms with E-state index in [2.05, 4.69) is 5.32 Å². The molecule has 6 heteroatoms. The number of carbonyl (C=O) groups excluding carboxylic acids is 2. The van der Waals surface area contributed by atoms with E-state index < -0.39 is 23.6 Å². The molecule has 0 spiro atoms. The van der Waals surface area contributed by atoms with Crippen molar-refractivity contribution in [2.24, 2.45) is 5.73 Å². The van der Waals surface area contributed by atoms with Gasteiger partial charge in [0.15, 0.2) is 0 Å². The molecule has 0 saturated heterocycles. The first-order valence-corrected chi connectivity index (χ1v) is 4.62. The summed E-state index contributed by atoms with van der Waals surface area (Å²) in [5, 5.41) is 11.5. The third-order valence-corrected chi connectivity index (χ3v) is 1.36. The molecule has 0 bridgehead atoms. The normalized spacial score (nSPS) is 13.3. The number of aliphatic hydroxyl groups excluding tert-OH is 1. The lowest BCUT2D eigenvalue weighted by Gasteiger charge is -2.19. The van der Waals surface area contributed by atoms with Crippen LogP contribution in [-0.2, 0) is 14.3 Å².